The molecule has 1 aliphatic rings. The number of carboxylic acid groups (broad SMARTS) is 1. The van der Waals surface area contributed by atoms with E-state index in [-0.39, 0.29) is 18.4 Å². The molecule has 1 amide bonds. The van der Waals surface area contributed by atoms with Gasteiger partial charge < -0.3 is 10.4 Å². The molecule has 0 aromatic carbocycles. The number of amides is 1. The van der Waals surface area contributed by atoms with Crippen molar-refractivity contribution in [3.63, 3.8) is 0 Å². The van der Waals surface area contributed by atoms with Gasteiger partial charge in [-0.3, -0.25) is 9.59 Å². The molecule has 0 spiro atoms. The lowest BCUT2D eigenvalue weighted by molar-refractivity contribution is -0.140. The van der Waals surface area contributed by atoms with Gasteiger partial charge in [0.15, 0.2) is 0 Å². The molecule has 0 atom stereocenters. The van der Waals surface area contributed by atoms with E-state index in [0.29, 0.717) is 12.8 Å². The van der Waals surface area contributed by atoms with E-state index in [1.165, 1.54) is 13.3 Å². The van der Waals surface area contributed by atoms with Gasteiger partial charge in [0.05, 0.1) is 12.0 Å². The maximum atomic E-state index is 11.1. The van der Waals surface area contributed by atoms with Gasteiger partial charge >= 0.3 is 5.97 Å². The van der Waals surface area contributed by atoms with Crippen LogP contribution < -0.4 is 5.32 Å². The molecule has 0 aliphatic heterocycles. The van der Waals surface area contributed by atoms with Crippen molar-refractivity contribution < 1.29 is 14.7 Å². The fourth-order valence-corrected chi connectivity index (χ4v) is 2.73. The summed E-state index contributed by atoms with van der Waals surface area (Å²) in [6.45, 7) is 1.49. The summed E-state index contributed by atoms with van der Waals surface area (Å²) in [5.74, 6) is -0.924. The number of nitrogens with zero attached hydrogens (tertiary/aromatic N) is 4. The number of carbonyl (C=O) groups is 2. The van der Waals surface area contributed by atoms with Gasteiger partial charge in [-0.15, -0.1) is 5.10 Å². The Morgan fingerprint density at radius 3 is 2.63 bits per heavy atom. The summed E-state index contributed by atoms with van der Waals surface area (Å²) in [6.07, 6.45) is 4.18. The Bertz CT molecular complexity index is 451. The Hall–Kier alpha value is -1.99. The summed E-state index contributed by atoms with van der Waals surface area (Å²) in [5, 5.41) is 23.0. The standard InChI is InChI=1S/C11H17N5O3/c1-8(17)13-9-2-4-11(5-3-9,6-10(18)19)16-7-12-14-15-16/h7,9H,2-6H2,1H3,(H,13,17)(H,18,19). The average Bonchev–Trinajstić information content (AvgIpc) is 2.84. The van der Waals surface area contributed by atoms with Crippen molar-refractivity contribution in [2.24, 2.45) is 0 Å². The predicted octanol–water partition coefficient (Wildman–Crippen LogP) is -0.0782. The largest absolute Gasteiger partial charge is 0.481 e. The molecule has 8 heteroatoms. The third-order valence-corrected chi connectivity index (χ3v) is 3.64. The van der Waals surface area contributed by atoms with Gasteiger partial charge in [0.2, 0.25) is 5.91 Å². The number of aromatic nitrogens is 4. The van der Waals surface area contributed by atoms with E-state index in [4.69, 9.17) is 5.11 Å². The molecule has 0 radical (unpaired) electrons. The molecule has 1 fully saturated rings. The number of aliphatic carboxylic acids is 1. The summed E-state index contributed by atoms with van der Waals surface area (Å²) in [6, 6.07) is 0.107. The quantitative estimate of drug-likeness (QED) is 0.789. The number of carboxylic acids is 1. The van der Waals surface area contributed by atoms with E-state index in [2.05, 4.69) is 20.8 Å². The molecule has 0 bridgehead atoms. The first-order valence-corrected chi connectivity index (χ1v) is 6.24. The highest BCUT2D eigenvalue weighted by Gasteiger charge is 2.40. The van der Waals surface area contributed by atoms with E-state index >= 15 is 0 Å². The van der Waals surface area contributed by atoms with Crippen molar-refractivity contribution in [1.29, 1.82) is 0 Å². The van der Waals surface area contributed by atoms with Crippen LogP contribution in [0, 0.1) is 0 Å². The second kappa shape index (κ2) is 5.33. The van der Waals surface area contributed by atoms with Gasteiger partial charge in [-0.25, -0.2) is 4.68 Å². The molecule has 0 saturated heterocycles. The normalized spacial score (nSPS) is 26.9. The molecular weight excluding hydrogens is 250 g/mol. The smallest absolute Gasteiger partial charge is 0.305 e. The van der Waals surface area contributed by atoms with Crippen LogP contribution in [0.25, 0.3) is 0 Å². The molecule has 2 rings (SSSR count). The van der Waals surface area contributed by atoms with Gasteiger partial charge in [0.1, 0.15) is 6.33 Å². The maximum absolute atomic E-state index is 11.1. The van der Waals surface area contributed by atoms with Crippen LogP contribution in [0.15, 0.2) is 6.33 Å². The molecule has 8 nitrogen and oxygen atoms in total. The summed E-state index contributed by atoms with van der Waals surface area (Å²) in [5.41, 5.74) is -0.579. The molecule has 0 unspecified atom stereocenters. The predicted molar refractivity (Wildman–Crippen MR) is 64.1 cm³/mol. The minimum absolute atomic E-state index is 0.00910. The number of hydrogen-bond donors (Lipinski definition) is 2. The van der Waals surface area contributed by atoms with Crippen molar-refractivity contribution >= 4 is 11.9 Å². The van der Waals surface area contributed by atoms with Gasteiger partial charge in [-0.05, 0) is 36.1 Å². The minimum atomic E-state index is -0.867. The van der Waals surface area contributed by atoms with E-state index in [1.54, 1.807) is 4.68 Å². The second-order valence-electron chi connectivity index (χ2n) is 5.02. The Kier molecular flexibility index (Phi) is 3.77. The zero-order valence-corrected chi connectivity index (χ0v) is 10.7. The van der Waals surface area contributed by atoms with Gasteiger partial charge in [-0.1, -0.05) is 0 Å². The van der Waals surface area contributed by atoms with Gasteiger partial charge in [-0.2, -0.15) is 0 Å². The highest BCUT2D eigenvalue weighted by atomic mass is 16.4. The monoisotopic (exact) mass is 267 g/mol. The average molecular weight is 267 g/mol. The minimum Gasteiger partial charge on any atom is -0.481 e. The number of hydrogen-bond acceptors (Lipinski definition) is 5. The van der Waals surface area contributed by atoms with Crippen LogP contribution in [-0.4, -0.2) is 43.2 Å². The molecule has 1 saturated carbocycles. The Morgan fingerprint density at radius 2 is 2.16 bits per heavy atom. The summed E-state index contributed by atoms with van der Waals surface area (Å²) < 4.78 is 1.55. The lowest BCUT2D eigenvalue weighted by Gasteiger charge is -2.38. The number of nitrogens with one attached hydrogen (secondary N) is 1. The first-order chi connectivity index (χ1) is 9.02. The molecule has 1 aliphatic carbocycles. The Morgan fingerprint density at radius 1 is 1.47 bits per heavy atom. The molecule has 1 aromatic rings. The lowest BCUT2D eigenvalue weighted by atomic mass is 9.77. The van der Waals surface area contributed by atoms with E-state index < -0.39 is 11.5 Å². The van der Waals surface area contributed by atoms with Crippen LogP contribution in [0.5, 0.6) is 0 Å². The summed E-state index contributed by atoms with van der Waals surface area (Å²) >= 11 is 0. The van der Waals surface area contributed by atoms with Crippen LogP contribution in [0.3, 0.4) is 0 Å². The van der Waals surface area contributed by atoms with E-state index in [0.717, 1.165) is 12.8 Å². The number of rotatable bonds is 4. The molecular formula is C11H17N5O3. The zero-order valence-electron chi connectivity index (χ0n) is 10.7. The zero-order chi connectivity index (χ0) is 13.9. The van der Waals surface area contributed by atoms with Crippen LogP contribution in [0.2, 0.25) is 0 Å². The van der Waals surface area contributed by atoms with E-state index in [9.17, 15) is 9.59 Å². The summed E-state index contributed by atoms with van der Waals surface area (Å²) in [7, 11) is 0. The molecule has 19 heavy (non-hydrogen) atoms. The van der Waals surface area contributed by atoms with Crippen LogP contribution in [0.4, 0.5) is 0 Å². The van der Waals surface area contributed by atoms with Crippen molar-refractivity contribution in [3.8, 4) is 0 Å². The topological polar surface area (TPSA) is 110 Å². The van der Waals surface area contributed by atoms with Crippen molar-refractivity contribution in [2.45, 2.75) is 50.6 Å². The lowest BCUT2D eigenvalue weighted by Crippen LogP contribution is -2.45. The van der Waals surface area contributed by atoms with Crippen molar-refractivity contribution in [3.05, 3.63) is 6.33 Å². The molecule has 104 valence electrons. The Labute approximate surface area is 110 Å². The molecule has 1 heterocycles. The van der Waals surface area contributed by atoms with Crippen molar-refractivity contribution in [2.75, 3.05) is 0 Å². The summed E-state index contributed by atoms with van der Waals surface area (Å²) in [4.78, 5) is 22.1. The highest BCUT2D eigenvalue weighted by Crippen LogP contribution is 2.37. The van der Waals surface area contributed by atoms with Crippen molar-refractivity contribution in [1.82, 2.24) is 25.5 Å². The van der Waals surface area contributed by atoms with Crippen LogP contribution in [-0.2, 0) is 15.1 Å². The van der Waals surface area contributed by atoms with Crippen LogP contribution >= 0.6 is 0 Å². The second-order valence-corrected chi connectivity index (χ2v) is 5.02. The van der Waals surface area contributed by atoms with Crippen LogP contribution in [0.1, 0.15) is 39.0 Å². The number of tetrazole rings is 1. The molecule has 1 aromatic heterocycles. The fraction of sp³-hybridized carbons (Fsp3) is 0.727. The van der Waals surface area contributed by atoms with E-state index in [1.807, 2.05) is 0 Å². The highest BCUT2D eigenvalue weighted by molar-refractivity contribution is 5.73. The van der Waals surface area contributed by atoms with Gasteiger partial charge in [0.25, 0.3) is 0 Å². The third kappa shape index (κ3) is 3.07. The first-order valence-electron chi connectivity index (χ1n) is 6.24. The Balaban J connectivity index is 2.10. The fourth-order valence-electron chi connectivity index (χ4n) is 2.73. The van der Waals surface area contributed by atoms with Gasteiger partial charge in [0, 0.05) is 13.0 Å². The number of carbonyl (C=O) groups excluding carboxylic acids is 1. The first kappa shape index (κ1) is 13.4. The third-order valence-electron chi connectivity index (χ3n) is 3.64. The SMILES string of the molecule is CC(=O)NC1CCC(CC(=O)O)(n2cnnn2)CC1. The molecule has 2 N–H and O–H groups in total. The maximum Gasteiger partial charge on any atom is 0.305 e.